The number of amides is 2. The van der Waals surface area contributed by atoms with E-state index in [2.05, 4.69) is 15.2 Å². The van der Waals surface area contributed by atoms with Crippen LogP contribution in [0.3, 0.4) is 0 Å². The Morgan fingerprint density at radius 1 is 1.29 bits per heavy atom. The molecule has 0 saturated carbocycles. The number of piperidine rings is 1. The largest absolute Gasteiger partial charge is 0.481 e. The van der Waals surface area contributed by atoms with E-state index in [4.69, 9.17) is 4.74 Å². The van der Waals surface area contributed by atoms with Gasteiger partial charge in [0.25, 0.3) is 0 Å². The maximum absolute atomic E-state index is 12.5. The Bertz CT molecular complexity index is 572. The van der Waals surface area contributed by atoms with Gasteiger partial charge in [0.1, 0.15) is 0 Å². The summed E-state index contributed by atoms with van der Waals surface area (Å²) in [6.45, 7) is 7.14. The summed E-state index contributed by atoms with van der Waals surface area (Å²) in [6.07, 6.45) is 5.11. The van der Waals surface area contributed by atoms with E-state index in [1.165, 1.54) is 32.4 Å². The number of aromatic nitrogens is 1. The number of pyridine rings is 1. The smallest absolute Gasteiger partial charge is 0.321 e. The van der Waals surface area contributed by atoms with E-state index in [-0.39, 0.29) is 6.03 Å². The van der Waals surface area contributed by atoms with E-state index in [9.17, 15) is 4.79 Å². The molecule has 0 unspecified atom stereocenters. The predicted octanol–water partition coefficient (Wildman–Crippen LogP) is 2.74. The maximum atomic E-state index is 12.5. The molecule has 1 N–H and O–H groups in total. The SMILES string of the molecule is COc1ccc(NC(=O)N2CC[C@@H](CN3CCCCC3)C2)c(C)n1. The number of aryl methyl sites for hydroxylation is 1. The number of hydrogen-bond donors (Lipinski definition) is 1. The van der Waals surface area contributed by atoms with Crippen LogP contribution in [0.2, 0.25) is 0 Å². The van der Waals surface area contributed by atoms with E-state index >= 15 is 0 Å². The fourth-order valence-corrected chi connectivity index (χ4v) is 3.65. The first kappa shape index (κ1) is 17.0. The molecular formula is C18H28N4O2. The van der Waals surface area contributed by atoms with Crippen molar-refractivity contribution in [3.05, 3.63) is 17.8 Å². The normalized spacial score (nSPS) is 21.8. The number of likely N-dealkylation sites (tertiary alicyclic amines) is 2. The van der Waals surface area contributed by atoms with Crippen LogP contribution >= 0.6 is 0 Å². The number of carbonyl (C=O) groups is 1. The molecule has 2 aliphatic heterocycles. The highest BCUT2D eigenvalue weighted by Gasteiger charge is 2.28. The first-order valence-electron chi connectivity index (χ1n) is 8.95. The molecule has 1 aromatic heterocycles. The maximum Gasteiger partial charge on any atom is 0.321 e. The molecule has 2 fully saturated rings. The summed E-state index contributed by atoms with van der Waals surface area (Å²) in [5.74, 6) is 1.16. The fraction of sp³-hybridized carbons (Fsp3) is 0.667. The lowest BCUT2D eigenvalue weighted by Gasteiger charge is -2.29. The highest BCUT2D eigenvalue weighted by atomic mass is 16.5. The Balaban J connectivity index is 1.51. The van der Waals surface area contributed by atoms with Gasteiger partial charge in [-0.15, -0.1) is 0 Å². The number of urea groups is 1. The van der Waals surface area contributed by atoms with E-state index < -0.39 is 0 Å². The minimum atomic E-state index is -0.0220. The number of anilines is 1. The van der Waals surface area contributed by atoms with Crippen molar-refractivity contribution in [1.29, 1.82) is 0 Å². The van der Waals surface area contributed by atoms with Crippen LogP contribution in [0, 0.1) is 12.8 Å². The van der Waals surface area contributed by atoms with Crippen molar-refractivity contribution in [1.82, 2.24) is 14.8 Å². The minimum Gasteiger partial charge on any atom is -0.481 e. The summed E-state index contributed by atoms with van der Waals surface area (Å²) in [7, 11) is 1.59. The van der Waals surface area contributed by atoms with Gasteiger partial charge in [-0.05, 0) is 51.3 Å². The fourth-order valence-electron chi connectivity index (χ4n) is 3.65. The molecule has 0 aromatic carbocycles. The first-order chi connectivity index (χ1) is 11.7. The summed E-state index contributed by atoms with van der Waals surface area (Å²) in [6, 6.07) is 3.60. The highest BCUT2D eigenvalue weighted by molar-refractivity contribution is 5.90. The van der Waals surface area contributed by atoms with Gasteiger partial charge in [0, 0.05) is 25.7 Å². The van der Waals surface area contributed by atoms with Crippen LogP contribution in [0.4, 0.5) is 10.5 Å². The third-order valence-corrected chi connectivity index (χ3v) is 5.05. The number of rotatable bonds is 4. The van der Waals surface area contributed by atoms with E-state index in [1.807, 2.05) is 17.9 Å². The number of nitrogens with one attached hydrogen (secondary N) is 1. The molecule has 6 heteroatoms. The molecule has 6 nitrogen and oxygen atoms in total. The molecule has 0 radical (unpaired) electrons. The van der Waals surface area contributed by atoms with Crippen LogP contribution in [0.15, 0.2) is 12.1 Å². The highest BCUT2D eigenvalue weighted by Crippen LogP contribution is 2.22. The van der Waals surface area contributed by atoms with Crippen LogP contribution in [0.25, 0.3) is 0 Å². The summed E-state index contributed by atoms with van der Waals surface area (Å²) in [5, 5.41) is 2.98. The van der Waals surface area contributed by atoms with Gasteiger partial charge in [0.05, 0.1) is 18.5 Å². The van der Waals surface area contributed by atoms with Gasteiger partial charge >= 0.3 is 6.03 Å². The van der Waals surface area contributed by atoms with Gasteiger partial charge in [-0.2, -0.15) is 0 Å². The third kappa shape index (κ3) is 4.17. The zero-order chi connectivity index (χ0) is 16.9. The van der Waals surface area contributed by atoms with E-state index in [0.29, 0.717) is 11.8 Å². The molecule has 132 valence electrons. The first-order valence-corrected chi connectivity index (χ1v) is 8.95. The molecule has 0 bridgehead atoms. The summed E-state index contributed by atoms with van der Waals surface area (Å²) in [4.78, 5) is 21.3. The monoisotopic (exact) mass is 332 g/mol. The second-order valence-electron chi connectivity index (χ2n) is 6.88. The topological polar surface area (TPSA) is 57.7 Å². The van der Waals surface area contributed by atoms with Crippen LogP contribution < -0.4 is 10.1 Å². The average Bonchev–Trinajstić information content (AvgIpc) is 3.06. The van der Waals surface area contributed by atoms with Crippen molar-refractivity contribution in [2.24, 2.45) is 5.92 Å². The zero-order valence-corrected chi connectivity index (χ0v) is 14.8. The standard InChI is InChI=1S/C18H28N4O2/c1-14-16(6-7-17(19-14)24-2)20-18(23)22-11-8-15(13-22)12-21-9-4-3-5-10-21/h6-7,15H,3-5,8-13H2,1-2H3,(H,20,23)/t15-/m0/s1. The molecule has 1 aromatic rings. The van der Waals surface area contributed by atoms with Crippen molar-refractivity contribution >= 4 is 11.7 Å². The van der Waals surface area contributed by atoms with Crippen LogP contribution in [-0.2, 0) is 0 Å². The summed E-state index contributed by atoms with van der Waals surface area (Å²) in [5.41, 5.74) is 1.52. The molecule has 0 aliphatic carbocycles. The van der Waals surface area contributed by atoms with Crippen molar-refractivity contribution < 1.29 is 9.53 Å². The van der Waals surface area contributed by atoms with Gasteiger partial charge in [-0.3, -0.25) is 0 Å². The zero-order valence-electron chi connectivity index (χ0n) is 14.8. The Hall–Kier alpha value is -1.82. The number of ether oxygens (including phenoxy) is 1. The quantitative estimate of drug-likeness (QED) is 0.921. The van der Waals surface area contributed by atoms with E-state index in [1.54, 1.807) is 13.2 Å². The van der Waals surface area contributed by atoms with Crippen molar-refractivity contribution in [2.75, 3.05) is 45.2 Å². The number of hydrogen-bond acceptors (Lipinski definition) is 4. The van der Waals surface area contributed by atoms with Crippen molar-refractivity contribution in [3.63, 3.8) is 0 Å². The number of methoxy groups -OCH3 is 1. The molecule has 0 spiro atoms. The average molecular weight is 332 g/mol. The molecule has 24 heavy (non-hydrogen) atoms. The Morgan fingerprint density at radius 2 is 2.08 bits per heavy atom. The predicted molar refractivity (Wildman–Crippen MR) is 94.5 cm³/mol. The minimum absolute atomic E-state index is 0.0220. The molecule has 2 amide bonds. The van der Waals surface area contributed by atoms with Crippen LogP contribution in [0.5, 0.6) is 5.88 Å². The second-order valence-corrected chi connectivity index (χ2v) is 6.88. The van der Waals surface area contributed by atoms with Gasteiger partial charge in [0.2, 0.25) is 5.88 Å². The summed E-state index contributed by atoms with van der Waals surface area (Å²) >= 11 is 0. The molecular weight excluding hydrogens is 304 g/mol. The van der Waals surface area contributed by atoms with Crippen molar-refractivity contribution in [3.8, 4) is 5.88 Å². The second kappa shape index (κ2) is 7.83. The lowest BCUT2D eigenvalue weighted by molar-refractivity contribution is 0.192. The lowest BCUT2D eigenvalue weighted by atomic mass is 10.1. The molecule has 3 heterocycles. The van der Waals surface area contributed by atoms with E-state index in [0.717, 1.165) is 37.4 Å². The molecule has 2 saturated heterocycles. The van der Waals surface area contributed by atoms with Gasteiger partial charge in [0.15, 0.2) is 0 Å². The van der Waals surface area contributed by atoms with Gasteiger partial charge in [-0.1, -0.05) is 6.42 Å². The van der Waals surface area contributed by atoms with Crippen LogP contribution in [0.1, 0.15) is 31.4 Å². The number of carbonyl (C=O) groups excluding carboxylic acids is 1. The molecule has 2 aliphatic rings. The number of nitrogens with zero attached hydrogens (tertiary/aromatic N) is 3. The van der Waals surface area contributed by atoms with Crippen molar-refractivity contribution in [2.45, 2.75) is 32.6 Å². The lowest BCUT2D eigenvalue weighted by Crippen LogP contribution is -2.37. The van der Waals surface area contributed by atoms with Gasteiger partial charge < -0.3 is 19.9 Å². The molecule has 1 atom stereocenters. The van der Waals surface area contributed by atoms with Gasteiger partial charge in [-0.25, -0.2) is 9.78 Å². The Kier molecular flexibility index (Phi) is 5.56. The Morgan fingerprint density at radius 3 is 2.79 bits per heavy atom. The third-order valence-electron chi connectivity index (χ3n) is 5.05. The summed E-state index contributed by atoms with van der Waals surface area (Å²) < 4.78 is 5.10. The Labute approximate surface area is 144 Å². The molecule has 3 rings (SSSR count). The van der Waals surface area contributed by atoms with Crippen LogP contribution in [-0.4, -0.2) is 60.6 Å².